The van der Waals surface area contributed by atoms with Gasteiger partial charge in [0.2, 0.25) is 11.8 Å². The first kappa shape index (κ1) is 20.1. The van der Waals surface area contributed by atoms with Crippen molar-refractivity contribution in [2.24, 2.45) is 5.73 Å². The molecule has 0 unspecified atom stereocenters. The van der Waals surface area contributed by atoms with E-state index in [2.05, 4.69) is 20.5 Å². The lowest BCUT2D eigenvalue weighted by molar-refractivity contribution is -0.115. The molecule has 1 heterocycles. The first-order valence-electron chi connectivity index (χ1n) is 8.54. The zero-order valence-corrected chi connectivity index (χ0v) is 16.2. The minimum atomic E-state index is -0.566. The van der Waals surface area contributed by atoms with Crippen LogP contribution in [-0.2, 0) is 4.79 Å². The molecule has 0 bridgehead atoms. The van der Waals surface area contributed by atoms with E-state index in [9.17, 15) is 14.4 Å². The predicted molar refractivity (Wildman–Crippen MR) is 111 cm³/mol. The van der Waals surface area contributed by atoms with Gasteiger partial charge in [-0.05, 0) is 37.3 Å². The van der Waals surface area contributed by atoms with E-state index in [-0.39, 0.29) is 16.8 Å². The lowest BCUT2D eigenvalue weighted by Crippen LogP contribution is -2.24. The summed E-state index contributed by atoms with van der Waals surface area (Å²) in [6, 6.07) is 13.1. The van der Waals surface area contributed by atoms with Gasteiger partial charge < -0.3 is 16.8 Å². The molecule has 0 fully saturated rings. The number of hydrogen-bond donors (Lipinski definition) is 4. The van der Waals surface area contributed by atoms with E-state index in [1.165, 1.54) is 12.1 Å². The zero-order valence-electron chi connectivity index (χ0n) is 15.4. The number of nitrogens with two attached hydrogens (primary N) is 2. The van der Waals surface area contributed by atoms with E-state index in [1.807, 2.05) is 0 Å². The summed E-state index contributed by atoms with van der Waals surface area (Å²) in [6.45, 7) is 1.67. The second kappa shape index (κ2) is 8.57. The van der Waals surface area contributed by atoms with Crippen molar-refractivity contribution in [3.63, 3.8) is 0 Å². The molecule has 0 saturated heterocycles. The van der Waals surface area contributed by atoms with Crippen molar-refractivity contribution in [2.45, 2.75) is 17.3 Å². The Morgan fingerprint density at radius 3 is 2.41 bits per heavy atom. The Kier molecular flexibility index (Phi) is 5.93. The average molecular weight is 410 g/mol. The minimum Gasteiger partial charge on any atom is -0.398 e. The number of H-pyrrole nitrogens is 1. The molecule has 9 nitrogen and oxygen atoms in total. The normalized spacial score (nSPS) is 11.6. The number of aromatic amines is 1. The fourth-order valence-electron chi connectivity index (χ4n) is 2.45. The lowest BCUT2D eigenvalue weighted by atomic mass is 10.1. The van der Waals surface area contributed by atoms with E-state index in [4.69, 9.17) is 11.5 Å². The highest BCUT2D eigenvalue weighted by Gasteiger charge is 2.18. The van der Waals surface area contributed by atoms with Crippen LogP contribution in [0.15, 0.2) is 58.5 Å². The summed E-state index contributed by atoms with van der Waals surface area (Å²) in [4.78, 5) is 38.4. The van der Waals surface area contributed by atoms with Crippen LogP contribution in [0.1, 0.15) is 17.3 Å². The molecule has 0 radical (unpaired) electrons. The highest BCUT2D eigenvalue weighted by molar-refractivity contribution is 8.00. The van der Waals surface area contributed by atoms with Crippen LogP contribution in [0, 0.1) is 0 Å². The first-order chi connectivity index (χ1) is 13.8. The third kappa shape index (κ3) is 4.79. The molecule has 29 heavy (non-hydrogen) atoms. The van der Waals surface area contributed by atoms with Gasteiger partial charge in [-0.2, -0.15) is 0 Å². The Morgan fingerprint density at radius 2 is 1.79 bits per heavy atom. The Bertz CT molecular complexity index is 1110. The fourth-order valence-corrected chi connectivity index (χ4v) is 3.19. The van der Waals surface area contributed by atoms with Crippen LogP contribution < -0.4 is 22.3 Å². The summed E-state index contributed by atoms with van der Waals surface area (Å²) in [6.07, 6.45) is 0. The summed E-state index contributed by atoms with van der Waals surface area (Å²) in [5, 5.41) is 10.3. The number of rotatable bonds is 6. The summed E-state index contributed by atoms with van der Waals surface area (Å²) in [5.74, 6) is -0.851. The monoisotopic (exact) mass is 410 g/mol. The third-order valence-corrected chi connectivity index (χ3v) is 4.96. The van der Waals surface area contributed by atoms with Gasteiger partial charge in [-0.25, -0.2) is 0 Å². The Morgan fingerprint density at radius 1 is 1.10 bits per heavy atom. The molecule has 1 aromatic heterocycles. The van der Waals surface area contributed by atoms with Gasteiger partial charge in [0.25, 0.3) is 5.56 Å². The van der Waals surface area contributed by atoms with Gasteiger partial charge in [-0.3, -0.25) is 19.4 Å². The molecule has 3 aromatic rings. The number of hydrogen-bond acceptors (Lipinski definition) is 7. The highest BCUT2D eigenvalue weighted by Crippen LogP contribution is 2.23. The smallest absolute Gasteiger partial charge is 0.278 e. The number of carbonyl (C=O) groups is 2. The molecule has 2 aromatic carbocycles. The lowest BCUT2D eigenvalue weighted by Gasteiger charge is -2.11. The number of thioether (sulfide) groups is 1. The van der Waals surface area contributed by atoms with Gasteiger partial charge in [0.05, 0.1) is 5.25 Å². The van der Waals surface area contributed by atoms with E-state index in [0.29, 0.717) is 22.5 Å². The minimum absolute atomic E-state index is 0.110. The summed E-state index contributed by atoms with van der Waals surface area (Å²) in [7, 11) is 0. The number of para-hydroxylation sites is 1. The van der Waals surface area contributed by atoms with Crippen LogP contribution >= 0.6 is 11.8 Å². The number of nitrogen functional groups attached to an aromatic ring is 1. The molecule has 1 atom stereocenters. The van der Waals surface area contributed by atoms with Crippen molar-refractivity contribution in [1.29, 1.82) is 0 Å². The molecule has 6 N–H and O–H groups in total. The van der Waals surface area contributed by atoms with Crippen LogP contribution in [0.25, 0.3) is 11.3 Å². The van der Waals surface area contributed by atoms with E-state index in [1.54, 1.807) is 43.3 Å². The molecule has 3 rings (SSSR count). The number of primary amides is 1. The van der Waals surface area contributed by atoms with E-state index < -0.39 is 16.7 Å². The molecule has 148 valence electrons. The Labute approximate surface area is 169 Å². The standard InChI is InChI=1S/C19H18N6O3S/c1-10(17(27)22-12-8-6-11(7-9-12)16(21)26)29-19-23-18(28)15(24-25-19)13-4-2-3-5-14(13)20/h2-10H,20H2,1H3,(H2,21,26)(H,22,27)(H,23,25,28)/t10-/m1/s1. The average Bonchev–Trinajstić information content (AvgIpc) is 2.69. The fraction of sp³-hybridized carbons (Fsp3) is 0.105. The summed E-state index contributed by atoms with van der Waals surface area (Å²) >= 11 is 1.05. The van der Waals surface area contributed by atoms with Crippen molar-refractivity contribution >= 4 is 35.0 Å². The maximum absolute atomic E-state index is 12.4. The van der Waals surface area contributed by atoms with Crippen molar-refractivity contribution in [2.75, 3.05) is 11.1 Å². The van der Waals surface area contributed by atoms with Gasteiger partial charge >= 0.3 is 0 Å². The molecular formula is C19H18N6O3S. The maximum Gasteiger partial charge on any atom is 0.278 e. The first-order valence-corrected chi connectivity index (χ1v) is 9.42. The van der Waals surface area contributed by atoms with Gasteiger partial charge in [-0.15, -0.1) is 10.2 Å². The van der Waals surface area contributed by atoms with Crippen LogP contribution in [-0.4, -0.2) is 32.2 Å². The van der Waals surface area contributed by atoms with Gasteiger partial charge in [0.1, 0.15) is 0 Å². The molecule has 0 spiro atoms. The van der Waals surface area contributed by atoms with Crippen LogP contribution in [0.5, 0.6) is 0 Å². The largest absolute Gasteiger partial charge is 0.398 e. The maximum atomic E-state index is 12.4. The number of aromatic nitrogens is 3. The number of carbonyl (C=O) groups excluding carboxylic acids is 2. The van der Waals surface area contributed by atoms with Crippen LogP contribution in [0.3, 0.4) is 0 Å². The van der Waals surface area contributed by atoms with E-state index >= 15 is 0 Å². The van der Waals surface area contributed by atoms with Crippen molar-refractivity contribution in [1.82, 2.24) is 15.2 Å². The van der Waals surface area contributed by atoms with Gasteiger partial charge in [-0.1, -0.05) is 30.0 Å². The number of amides is 2. The zero-order chi connectivity index (χ0) is 21.0. The second-order valence-electron chi connectivity index (χ2n) is 6.09. The topological polar surface area (TPSA) is 157 Å². The highest BCUT2D eigenvalue weighted by atomic mass is 32.2. The Balaban J connectivity index is 1.68. The number of nitrogens with one attached hydrogen (secondary N) is 2. The van der Waals surface area contributed by atoms with Crippen molar-refractivity contribution in [3.05, 3.63) is 64.4 Å². The summed E-state index contributed by atoms with van der Waals surface area (Å²) < 4.78 is 0. The van der Waals surface area contributed by atoms with Crippen molar-refractivity contribution < 1.29 is 9.59 Å². The Hall–Kier alpha value is -3.66. The molecule has 2 amide bonds. The predicted octanol–water partition coefficient (Wildman–Crippen LogP) is 1.63. The number of anilines is 2. The molecule has 0 aliphatic heterocycles. The van der Waals surface area contributed by atoms with Crippen LogP contribution in [0.2, 0.25) is 0 Å². The third-order valence-electron chi connectivity index (χ3n) is 3.99. The SMILES string of the molecule is C[C@@H](Sc1nnc(-c2ccccc2N)c(=O)[nH]1)C(=O)Nc1ccc(C(N)=O)cc1. The van der Waals surface area contributed by atoms with Gasteiger partial charge in [0, 0.05) is 22.5 Å². The second-order valence-corrected chi connectivity index (χ2v) is 7.42. The number of nitrogens with zero attached hydrogens (tertiary/aromatic N) is 2. The number of benzene rings is 2. The quantitative estimate of drug-likeness (QED) is 0.355. The molecule has 0 aliphatic rings. The van der Waals surface area contributed by atoms with E-state index in [0.717, 1.165) is 11.8 Å². The molecular weight excluding hydrogens is 392 g/mol. The van der Waals surface area contributed by atoms with Crippen molar-refractivity contribution in [3.8, 4) is 11.3 Å². The molecule has 0 saturated carbocycles. The van der Waals surface area contributed by atoms with Crippen LogP contribution in [0.4, 0.5) is 11.4 Å². The molecule has 0 aliphatic carbocycles. The molecule has 10 heteroatoms. The summed E-state index contributed by atoms with van der Waals surface area (Å²) in [5.41, 5.74) is 12.5. The van der Waals surface area contributed by atoms with Gasteiger partial charge in [0.15, 0.2) is 10.9 Å².